The number of carbonyl (C=O) groups is 1. The van der Waals surface area contributed by atoms with E-state index >= 15 is 0 Å². The molecular formula is C18H21F3N4O3S. The van der Waals surface area contributed by atoms with Crippen LogP contribution in [-0.4, -0.2) is 41.0 Å². The Morgan fingerprint density at radius 2 is 1.93 bits per heavy atom. The van der Waals surface area contributed by atoms with Crippen LogP contribution < -0.4 is 5.32 Å². The lowest BCUT2D eigenvalue weighted by molar-refractivity contribution is -0.141. The van der Waals surface area contributed by atoms with Gasteiger partial charge in [-0.3, -0.25) is 9.48 Å². The summed E-state index contributed by atoms with van der Waals surface area (Å²) in [5.41, 5.74) is -1.53. The summed E-state index contributed by atoms with van der Waals surface area (Å²) in [7, 11) is -2.67. The Balaban J connectivity index is 1.92. The van der Waals surface area contributed by atoms with Crippen molar-refractivity contribution in [3.63, 3.8) is 0 Å². The molecule has 1 amide bonds. The molecule has 1 fully saturated rings. The van der Waals surface area contributed by atoms with Crippen molar-refractivity contribution in [2.45, 2.75) is 43.3 Å². The number of rotatable bonds is 4. The Labute approximate surface area is 166 Å². The molecule has 1 aliphatic heterocycles. The van der Waals surface area contributed by atoms with Crippen LogP contribution in [0.4, 0.5) is 18.9 Å². The monoisotopic (exact) mass is 430 g/mol. The first-order valence-electron chi connectivity index (χ1n) is 9.05. The summed E-state index contributed by atoms with van der Waals surface area (Å²) >= 11 is 0. The van der Waals surface area contributed by atoms with E-state index in [1.165, 1.54) is 29.6 Å². The maximum absolute atomic E-state index is 13.1. The van der Waals surface area contributed by atoms with Crippen molar-refractivity contribution in [3.05, 3.63) is 41.7 Å². The number of aromatic nitrogens is 2. The number of para-hydroxylation sites is 1. The Hall–Kier alpha value is -2.40. The molecule has 7 nitrogen and oxygen atoms in total. The fourth-order valence-electron chi connectivity index (χ4n) is 3.35. The molecule has 0 radical (unpaired) electrons. The zero-order valence-corrected chi connectivity index (χ0v) is 16.7. The fraction of sp³-hybridized carbons (Fsp3) is 0.444. The molecule has 1 aromatic carbocycles. The molecule has 1 aliphatic rings. The molecule has 2 aromatic rings. The second-order valence-electron chi connectivity index (χ2n) is 6.95. The minimum absolute atomic E-state index is 0.00466. The molecule has 1 aromatic heterocycles. The minimum Gasteiger partial charge on any atom is -0.319 e. The average Bonchev–Trinajstić information content (AvgIpc) is 3.04. The highest BCUT2D eigenvalue weighted by molar-refractivity contribution is 7.89. The molecule has 3 rings (SSSR count). The number of alkyl halides is 3. The van der Waals surface area contributed by atoms with Crippen molar-refractivity contribution in [1.82, 2.24) is 14.1 Å². The van der Waals surface area contributed by atoms with Crippen LogP contribution in [0.3, 0.4) is 0 Å². The van der Waals surface area contributed by atoms with Gasteiger partial charge >= 0.3 is 6.18 Å². The first-order chi connectivity index (χ1) is 13.5. The Kier molecular flexibility index (Phi) is 5.72. The molecule has 1 atom stereocenters. The van der Waals surface area contributed by atoms with E-state index in [9.17, 15) is 26.4 Å². The number of amides is 1. The number of carbonyl (C=O) groups excluding carboxylic acids is 1. The number of piperidine rings is 1. The number of hydrogen-bond acceptors (Lipinski definition) is 4. The molecular weight excluding hydrogens is 409 g/mol. The van der Waals surface area contributed by atoms with Crippen LogP contribution >= 0.6 is 0 Å². The minimum atomic E-state index is -4.69. The van der Waals surface area contributed by atoms with Crippen LogP contribution in [0.15, 0.2) is 35.2 Å². The summed E-state index contributed by atoms with van der Waals surface area (Å²) in [5, 5.41) is 5.72. The van der Waals surface area contributed by atoms with Gasteiger partial charge in [0.25, 0.3) is 5.91 Å². The third-order valence-corrected chi connectivity index (χ3v) is 6.94. The summed E-state index contributed by atoms with van der Waals surface area (Å²) in [6.45, 7) is 2.20. The van der Waals surface area contributed by atoms with Gasteiger partial charge in [-0.1, -0.05) is 18.6 Å². The molecule has 0 spiro atoms. The first-order valence-corrected chi connectivity index (χ1v) is 10.5. The predicted molar refractivity (Wildman–Crippen MR) is 99.8 cm³/mol. The quantitative estimate of drug-likeness (QED) is 0.807. The highest BCUT2D eigenvalue weighted by Crippen LogP contribution is 2.31. The number of anilines is 1. The molecule has 0 bridgehead atoms. The van der Waals surface area contributed by atoms with Crippen molar-refractivity contribution >= 4 is 21.6 Å². The van der Waals surface area contributed by atoms with E-state index in [0.29, 0.717) is 12.6 Å². The average molecular weight is 430 g/mol. The van der Waals surface area contributed by atoms with Crippen LogP contribution in [0.5, 0.6) is 0 Å². The number of nitrogens with one attached hydrogen (secondary N) is 1. The van der Waals surface area contributed by atoms with E-state index < -0.39 is 27.8 Å². The topological polar surface area (TPSA) is 84.3 Å². The van der Waals surface area contributed by atoms with E-state index in [2.05, 4.69) is 10.4 Å². The van der Waals surface area contributed by atoms with Gasteiger partial charge in [0.05, 0.1) is 5.69 Å². The molecule has 1 saturated heterocycles. The van der Waals surface area contributed by atoms with Gasteiger partial charge in [0, 0.05) is 25.7 Å². The zero-order valence-electron chi connectivity index (χ0n) is 15.9. The molecule has 2 heterocycles. The molecule has 1 unspecified atom stereocenters. The van der Waals surface area contributed by atoms with Crippen molar-refractivity contribution in [1.29, 1.82) is 0 Å². The summed E-state index contributed by atoms with van der Waals surface area (Å²) < 4.78 is 67.0. The Morgan fingerprint density at radius 1 is 1.24 bits per heavy atom. The predicted octanol–water partition coefficient (Wildman–Crippen LogP) is 3.25. The van der Waals surface area contributed by atoms with Gasteiger partial charge in [-0.05, 0) is 31.9 Å². The second kappa shape index (κ2) is 7.79. The highest BCUT2D eigenvalue weighted by Gasteiger charge is 2.36. The maximum atomic E-state index is 13.1. The van der Waals surface area contributed by atoms with Crippen LogP contribution in [0.25, 0.3) is 0 Å². The van der Waals surface area contributed by atoms with Crippen LogP contribution in [0.2, 0.25) is 0 Å². The largest absolute Gasteiger partial charge is 0.435 e. The van der Waals surface area contributed by atoms with Crippen molar-refractivity contribution in [2.24, 2.45) is 7.05 Å². The first kappa shape index (κ1) is 21.3. The van der Waals surface area contributed by atoms with E-state index in [0.717, 1.165) is 23.9 Å². The van der Waals surface area contributed by atoms with Gasteiger partial charge in [-0.25, -0.2) is 8.42 Å². The van der Waals surface area contributed by atoms with Crippen LogP contribution in [0.1, 0.15) is 42.4 Å². The van der Waals surface area contributed by atoms with E-state index in [1.807, 2.05) is 6.92 Å². The number of hydrogen-bond donors (Lipinski definition) is 1. The number of halogens is 3. The van der Waals surface area contributed by atoms with Crippen molar-refractivity contribution in [3.8, 4) is 0 Å². The zero-order chi connectivity index (χ0) is 21.4. The third-order valence-electron chi connectivity index (χ3n) is 4.87. The van der Waals surface area contributed by atoms with E-state index in [-0.39, 0.29) is 22.3 Å². The number of benzene rings is 1. The highest BCUT2D eigenvalue weighted by atomic mass is 32.2. The summed E-state index contributed by atoms with van der Waals surface area (Å²) in [4.78, 5) is 12.5. The lowest BCUT2D eigenvalue weighted by atomic mass is 10.1. The SMILES string of the molecule is CC1CCCCN1S(=O)(=O)c1ccccc1NC(=O)c1cc(C(F)(F)F)nn1C. The van der Waals surface area contributed by atoms with Gasteiger partial charge < -0.3 is 5.32 Å². The standard InChI is InChI=1S/C18H21F3N4O3S/c1-12-7-5-6-10-25(12)29(27,28)15-9-4-3-8-13(15)22-17(26)14-11-16(18(19,20)21)23-24(14)2/h3-4,8-9,11-12H,5-7,10H2,1-2H3,(H,22,26). The van der Waals surface area contributed by atoms with Gasteiger partial charge in [-0.15, -0.1) is 0 Å². The lowest BCUT2D eigenvalue weighted by Gasteiger charge is -2.32. The maximum Gasteiger partial charge on any atom is 0.435 e. The van der Waals surface area contributed by atoms with Gasteiger partial charge in [0.2, 0.25) is 10.0 Å². The molecule has 0 aliphatic carbocycles. The van der Waals surface area contributed by atoms with Gasteiger partial charge in [0.1, 0.15) is 10.6 Å². The van der Waals surface area contributed by atoms with Crippen molar-refractivity contribution < 1.29 is 26.4 Å². The summed E-state index contributed by atoms with van der Waals surface area (Å²) in [6, 6.07) is 6.29. The van der Waals surface area contributed by atoms with Gasteiger partial charge in [0.15, 0.2) is 5.69 Å². The molecule has 1 N–H and O–H groups in total. The number of sulfonamides is 1. The summed E-state index contributed by atoms with van der Waals surface area (Å²) in [5.74, 6) is -0.884. The smallest absolute Gasteiger partial charge is 0.319 e. The fourth-order valence-corrected chi connectivity index (χ4v) is 5.20. The van der Waals surface area contributed by atoms with Crippen LogP contribution in [-0.2, 0) is 23.2 Å². The van der Waals surface area contributed by atoms with Crippen LogP contribution in [0, 0.1) is 0 Å². The molecule has 0 saturated carbocycles. The Bertz CT molecular complexity index is 1020. The Morgan fingerprint density at radius 3 is 2.55 bits per heavy atom. The van der Waals surface area contributed by atoms with Gasteiger partial charge in [-0.2, -0.15) is 22.6 Å². The summed E-state index contributed by atoms with van der Waals surface area (Å²) in [6.07, 6.45) is -2.27. The molecule has 29 heavy (non-hydrogen) atoms. The van der Waals surface area contributed by atoms with Crippen molar-refractivity contribution in [2.75, 3.05) is 11.9 Å². The van der Waals surface area contributed by atoms with E-state index in [4.69, 9.17) is 0 Å². The lowest BCUT2D eigenvalue weighted by Crippen LogP contribution is -2.42. The van der Waals surface area contributed by atoms with E-state index in [1.54, 1.807) is 6.07 Å². The normalized spacial score (nSPS) is 18.6. The molecule has 11 heteroatoms. The molecule has 158 valence electrons. The second-order valence-corrected chi connectivity index (χ2v) is 8.81. The third kappa shape index (κ3) is 4.30. The number of nitrogens with zero attached hydrogens (tertiary/aromatic N) is 3. The number of aryl methyl sites for hydroxylation is 1.